The summed E-state index contributed by atoms with van der Waals surface area (Å²) in [5.41, 5.74) is 0.995. The molecule has 4 rings (SSSR count). The van der Waals surface area contributed by atoms with E-state index in [0.717, 1.165) is 3.97 Å². The van der Waals surface area contributed by atoms with E-state index in [1.54, 1.807) is 24.3 Å². The second kappa shape index (κ2) is 6.54. The lowest BCUT2D eigenvalue weighted by atomic mass is 10.1. The van der Waals surface area contributed by atoms with E-state index in [1.165, 1.54) is 36.9 Å². The number of nitrogens with zero attached hydrogens (tertiary/aromatic N) is 4. The Hall–Kier alpha value is -2.59. The first-order chi connectivity index (χ1) is 12.9. The van der Waals surface area contributed by atoms with Crippen LogP contribution in [0.1, 0.15) is 6.55 Å². The van der Waals surface area contributed by atoms with E-state index < -0.39 is 16.6 Å². The molecule has 0 aliphatic heterocycles. The normalized spacial score (nSPS) is 12.1. The zero-order valence-corrected chi connectivity index (χ0v) is 15.9. The van der Waals surface area contributed by atoms with E-state index >= 15 is 0 Å². The molecule has 0 bridgehead atoms. The second-order valence-corrected chi connectivity index (χ2v) is 8.40. The van der Waals surface area contributed by atoms with E-state index in [0.29, 0.717) is 25.7 Å². The van der Waals surface area contributed by atoms with Gasteiger partial charge in [0.15, 0.2) is 5.65 Å². The van der Waals surface area contributed by atoms with Crippen LogP contribution < -0.4 is 0 Å². The summed E-state index contributed by atoms with van der Waals surface area (Å²) < 4.78 is 54.1. The third-order valence-electron chi connectivity index (χ3n) is 3.99. The molecule has 0 saturated heterocycles. The number of benzene rings is 1. The fourth-order valence-corrected chi connectivity index (χ4v) is 4.43. The van der Waals surface area contributed by atoms with Gasteiger partial charge in [-0.05, 0) is 34.1 Å². The smallest absolute Gasteiger partial charge is 0.236 e. The molecule has 0 atom stereocenters. The highest BCUT2D eigenvalue weighted by Crippen LogP contribution is 2.33. The molecule has 1 aromatic carbocycles. The van der Waals surface area contributed by atoms with Crippen molar-refractivity contribution in [1.82, 2.24) is 18.7 Å². The molecule has 0 spiro atoms. The zero-order valence-electron chi connectivity index (χ0n) is 13.5. The molecule has 27 heavy (non-hydrogen) atoms. The summed E-state index contributed by atoms with van der Waals surface area (Å²) in [4.78, 5) is 4.32. The number of hydrogen-bond donors (Lipinski definition) is 0. The highest BCUT2D eigenvalue weighted by Gasteiger charge is 2.23. The number of halogens is 3. The Balaban J connectivity index is 1.98. The van der Waals surface area contributed by atoms with Gasteiger partial charge in [0.1, 0.15) is 0 Å². The Kier molecular flexibility index (Phi) is 4.31. The van der Waals surface area contributed by atoms with Crippen LogP contribution in [0.4, 0.5) is 8.78 Å². The Labute approximate surface area is 161 Å². The molecule has 0 unspecified atom stereocenters. The highest BCUT2D eigenvalue weighted by molar-refractivity contribution is 9.10. The molecular formula is C17H11BrF2N4O2S. The number of rotatable bonds is 4. The molecule has 0 aliphatic carbocycles. The molecule has 6 nitrogen and oxygen atoms in total. The number of aromatic nitrogens is 4. The fourth-order valence-electron chi connectivity index (χ4n) is 2.76. The summed E-state index contributed by atoms with van der Waals surface area (Å²) >= 11 is 3.31. The summed E-state index contributed by atoms with van der Waals surface area (Å²) in [7, 11) is -3.91. The van der Waals surface area contributed by atoms with Gasteiger partial charge in [-0.1, -0.05) is 18.2 Å². The summed E-state index contributed by atoms with van der Waals surface area (Å²) in [5.74, 6) is 0. The largest absolute Gasteiger partial charge is 0.333 e. The Morgan fingerprint density at radius 3 is 2.48 bits per heavy atom. The lowest BCUT2D eigenvalue weighted by molar-refractivity contribution is 0.0566. The van der Waals surface area contributed by atoms with Crippen molar-refractivity contribution in [2.24, 2.45) is 0 Å². The van der Waals surface area contributed by atoms with Crippen LogP contribution in [0.2, 0.25) is 0 Å². The SMILES string of the molecule is O=S(=O)(c1ccccc1)n1cc(-c2cnn(C(F)F)c2)c2cc(Br)cnc21. The highest BCUT2D eigenvalue weighted by atomic mass is 79.9. The summed E-state index contributed by atoms with van der Waals surface area (Å²) in [6, 6.07) is 9.61. The first-order valence-electron chi connectivity index (χ1n) is 7.68. The zero-order chi connectivity index (χ0) is 19.2. The number of hydrogen-bond acceptors (Lipinski definition) is 4. The maximum atomic E-state index is 13.1. The average molecular weight is 453 g/mol. The van der Waals surface area contributed by atoms with Gasteiger partial charge in [-0.15, -0.1) is 0 Å². The molecule has 0 aliphatic rings. The van der Waals surface area contributed by atoms with Crippen molar-refractivity contribution in [3.63, 3.8) is 0 Å². The first-order valence-corrected chi connectivity index (χ1v) is 9.91. The van der Waals surface area contributed by atoms with Crippen molar-refractivity contribution in [1.29, 1.82) is 0 Å². The van der Waals surface area contributed by atoms with Gasteiger partial charge in [-0.2, -0.15) is 13.9 Å². The number of alkyl halides is 2. The van der Waals surface area contributed by atoms with Crippen molar-refractivity contribution in [3.05, 3.63) is 65.7 Å². The van der Waals surface area contributed by atoms with Crippen LogP contribution in [-0.2, 0) is 10.0 Å². The van der Waals surface area contributed by atoms with Gasteiger partial charge in [0.2, 0.25) is 0 Å². The molecule has 10 heteroatoms. The molecule has 0 radical (unpaired) electrons. The minimum Gasteiger partial charge on any atom is -0.236 e. The van der Waals surface area contributed by atoms with Crippen LogP contribution >= 0.6 is 15.9 Å². The Morgan fingerprint density at radius 2 is 1.81 bits per heavy atom. The van der Waals surface area contributed by atoms with Crippen LogP contribution in [0.5, 0.6) is 0 Å². The molecule has 0 fully saturated rings. The van der Waals surface area contributed by atoms with Crippen molar-refractivity contribution >= 4 is 37.0 Å². The van der Waals surface area contributed by atoms with Gasteiger partial charge in [0.25, 0.3) is 10.0 Å². The molecule has 138 valence electrons. The molecule has 4 aromatic rings. The van der Waals surface area contributed by atoms with Crippen molar-refractivity contribution in [3.8, 4) is 11.1 Å². The maximum Gasteiger partial charge on any atom is 0.333 e. The predicted octanol–water partition coefficient (Wildman–Crippen LogP) is 4.29. The van der Waals surface area contributed by atoms with E-state index in [2.05, 4.69) is 26.0 Å². The Morgan fingerprint density at radius 1 is 1.07 bits per heavy atom. The van der Waals surface area contributed by atoms with E-state index in [9.17, 15) is 17.2 Å². The molecule has 3 heterocycles. The monoisotopic (exact) mass is 452 g/mol. The van der Waals surface area contributed by atoms with Crippen LogP contribution in [0.15, 0.2) is 70.6 Å². The van der Waals surface area contributed by atoms with E-state index in [1.807, 2.05) is 0 Å². The van der Waals surface area contributed by atoms with Gasteiger partial charge in [0.05, 0.1) is 11.1 Å². The third kappa shape index (κ3) is 3.04. The fraction of sp³-hybridized carbons (Fsp3) is 0.0588. The van der Waals surface area contributed by atoms with Crippen LogP contribution in [0.25, 0.3) is 22.2 Å². The van der Waals surface area contributed by atoms with Crippen molar-refractivity contribution < 1.29 is 17.2 Å². The van der Waals surface area contributed by atoms with E-state index in [4.69, 9.17) is 0 Å². The minimum atomic E-state index is -3.91. The molecule has 0 amide bonds. The Bertz CT molecular complexity index is 1240. The second-order valence-electron chi connectivity index (χ2n) is 5.67. The van der Waals surface area contributed by atoms with Gasteiger partial charge in [0, 0.05) is 39.6 Å². The van der Waals surface area contributed by atoms with Crippen molar-refractivity contribution in [2.75, 3.05) is 0 Å². The summed E-state index contributed by atoms with van der Waals surface area (Å²) in [6.45, 7) is -2.79. The molecule has 0 saturated carbocycles. The van der Waals surface area contributed by atoms with Gasteiger partial charge >= 0.3 is 6.55 Å². The van der Waals surface area contributed by atoms with Crippen molar-refractivity contribution in [2.45, 2.75) is 11.4 Å². The van der Waals surface area contributed by atoms with Crippen LogP contribution in [0, 0.1) is 0 Å². The van der Waals surface area contributed by atoms with Gasteiger partial charge in [-0.25, -0.2) is 22.1 Å². The molecule has 0 N–H and O–H groups in total. The van der Waals surface area contributed by atoms with E-state index in [-0.39, 0.29) is 10.5 Å². The number of fused-ring (bicyclic) bond motifs is 1. The summed E-state index contributed by atoms with van der Waals surface area (Å²) in [5, 5.41) is 4.12. The minimum absolute atomic E-state index is 0.0986. The average Bonchev–Trinajstić information content (AvgIpc) is 3.27. The van der Waals surface area contributed by atoms with Gasteiger partial charge < -0.3 is 0 Å². The standard InChI is InChI=1S/C17H11BrF2N4O2S/c18-12-6-14-15(11-7-22-23(9-11)17(19)20)10-24(16(14)21-8-12)27(25,26)13-4-2-1-3-5-13/h1-10,17H. The first kappa shape index (κ1) is 17.8. The number of pyridine rings is 1. The van der Waals surface area contributed by atoms with Crippen LogP contribution in [0.3, 0.4) is 0 Å². The van der Waals surface area contributed by atoms with Crippen LogP contribution in [-0.4, -0.2) is 27.2 Å². The summed E-state index contributed by atoms with van der Waals surface area (Å²) in [6.07, 6.45) is 5.28. The molecule has 3 aromatic heterocycles. The lowest BCUT2D eigenvalue weighted by Crippen LogP contribution is -2.12. The third-order valence-corrected chi connectivity index (χ3v) is 6.09. The topological polar surface area (TPSA) is 69.8 Å². The lowest BCUT2D eigenvalue weighted by Gasteiger charge is -2.06. The predicted molar refractivity (Wildman–Crippen MR) is 98.9 cm³/mol. The maximum absolute atomic E-state index is 13.1. The molecular weight excluding hydrogens is 442 g/mol. The van der Waals surface area contributed by atoms with Gasteiger partial charge in [-0.3, -0.25) is 0 Å². The quantitative estimate of drug-likeness (QED) is 0.462.